The highest BCUT2D eigenvalue weighted by Crippen LogP contribution is 2.26. The standard InChI is InChI=1S/C21H22N2O4/c24-20(15-5-7-18(8-6-15)22-9-11-27-12-10-22)23-14-17-4-2-1-3-16(17)13-19(23)21(25)26/h1-8,19H,9-14H2,(H,25,26). The monoisotopic (exact) mass is 366 g/mol. The lowest BCUT2D eigenvalue weighted by Gasteiger charge is -2.34. The van der Waals surface area contributed by atoms with Gasteiger partial charge in [0.2, 0.25) is 0 Å². The van der Waals surface area contributed by atoms with Gasteiger partial charge in [-0.15, -0.1) is 0 Å². The van der Waals surface area contributed by atoms with Crippen LogP contribution in [0.25, 0.3) is 0 Å². The van der Waals surface area contributed by atoms with Crippen molar-refractivity contribution < 1.29 is 19.4 Å². The molecule has 1 N–H and O–H groups in total. The van der Waals surface area contributed by atoms with Crippen LogP contribution >= 0.6 is 0 Å². The van der Waals surface area contributed by atoms with Gasteiger partial charge in [0.05, 0.1) is 13.2 Å². The highest BCUT2D eigenvalue weighted by atomic mass is 16.5. The second kappa shape index (κ2) is 7.40. The summed E-state index contributed by atoms with van der Waals surface area (Å²) in [5.41, 5.74) is 3.57. The maximum absolute atomic E-state index is 13.0. The second-order valence-corrected chi connectivity index (χ2v) is 6.91. The Morgan fingerprint density at radius 1 is 0.963 bits per heavy atom. The maximum Gasteiger partial charge on any atom is 0.326 e. The molecule has 140 valence electrons. The Morgan fingerprint density at radius 3 is 2.30 bits per heavy atom. The molecule has 4 rings (SSSR count). The number of ether oxygens (including phenoxy) is 1. The summed E-state index contributed by atoms with van der Waals surface area (Å²) in [7, 11) is 0. The average Bonchev–Trinajstić information content (AvgIpc) is 2.73. The maximum atomic E-state index is 13.0. The molecule has 1 unspecified atom stereocenters. The number of anilines is 1. The van der Waals surface area contributed by atoms with Crippen molar-refractivity contribution in [1.29, 1.82) is 0 Å². The Hall–Kier alpha value is -2.86. The minimum atomic E-state index is -0.970. The zero-order valence-corrected chi connectivity index (χ0v) is 15.0. The summed E-state index contributed by atoms with van der Waals surface area (Å²) in [5, 5.41) is 9.63. The molecule has 2 aliphatic heterocycles. The van der Waals surface area contributed by atoms with Crippen molar-refractivity contribution in [3.05, 3.63) is 65.2 Å². The first-order valence-electron chi connectivity index (χ1n) is 9.17. The number of rotatable bonds is 3. The third-order valence-corrected chi connectivity index (χ3v) is 5.28. The van der Waals surface area contributed by atoms with Crippen LogP contribution in [0.5, 0.6) is 0 Å². The van der Waals surface area contributed by atoms with Crippen molar-refractivity contribution in [3.8, 4) is 0 Å². The molecule has 2 aromatic carbocycles. The van der Waals surface area contributed by atoms with E-state index in [4.69, 9.17) is 4.74 Å². The van der Waals surface area contributed by atoms with Gasteiger partial charge in [0.1, 0.15) is 6.04 Å². The summed E-state index contributed by atoms with van der Waals surface area (Å²) in [6.07, 6.45) is 0.336. The topological polar surface area (TPSA) is 70.1 Å². The van der Waals surface area contributed by atoms with E-state index in [0.717, 1.165) is 29.9 Å². The van der Waals surface area contributed by atoms with Gasteiger partial charge in [-0.05, 0) is 35.4 Å². The van der Waals surface area contributed by atoms with Gasteiger partial charge in [-0.3, -0.25) is 4.79 Å². The van der Waals surface area contributed by atoms with Crippen molar-refractivity contribution in [2.45, 2.75) is 19.0 Å². The number of nitrogens with zero attached hydrogens (tertiary/aromatic N) is 2. The van der Waals surface area contributed by atoms with Crippen LogP contribution in [-0.4, -0.2) is 54.2 Å². The average molecular weight is 366 g/mol. The number of carbonyl (C=O) groups excluding carboxylic acids is 1. The predicted molar refractivity (Wildman–Crippen MR) is 101 cm³/mol. The van der Waals surface area contributed by atoms with Crippen molar-refractivity contribution in [2.75, 3.05) is 31.2 Å². The third-order valence-electron chi connectivity index (χ3n) is 5.28. The number of hydrogen-bond donors (Lipinski definition) is 1. The van der Waals surface area contributed by atoms with Crippen LogP contribution in [-0.2, 0) is 22.5 Å². The SMILES string of the molecule is O=C(O)C1Cc2ccccc2CN1C(=O)c1ccc(N2CCOCC2)cc1. The highest BCUT2D eigenvalue weighted by molar-refractivity contribution is 5.97. The van der Waals surface area contributed by atoms with E-state index in [1.54, 1.807) is 12.1 Å². The number of fused-ring (bicyclic) bond motifs is 1. The summed E-state index contributed by atoms with van der Waals surface area (Å²) in [6.45, 7) is 3.38. The number of carboxylic acid groups (broad SMARTS) is 1. The smallest absolute Gasteiger partial charge is 0.326 e. The normalized spacial score (nSPS) is 19.5. The van der Waals surface area contributed by atoms with Crippen LogP contribution in [0.15, 0.2) is 48.5 Å². The van der Waals surface area contributed by atoms with E-state index in [1.165, 1.54) is 4.90 Å². The number of morpholine rings is 1. The summed E-state index contributed by atoms with van der Waals surface area (Å²) in [6, 6.07) is 14.3. The first kappa shape index (κ1) is 17.5. The van der Waals surface area contributed by atoms with Gasteiger partial charge >= 0.3 is 5.97 Å². The summed E-state index contributed by atoms with van der Waals surface area (Å²) < 4.78 is 5.37. The molecule has 1 atom stereocenters. The molecular formula is C21H22N2O4. The molecule has 0 bridgehead atoms. The van der Waals surface area contributed by atoms with Crippen LogP contribution in [0, 0.1) is 0 Å². The molecule has 0 saturated carbocycles. The van der Waals surface area contributed by atoms with Crippen LogP contribution in [0.3, 0.4) is 0 Å². The molecule has 1 amide bonds. The third kappa shape index (κ3) is 3.53. The lowest BCUT2D eigenvalue weighted by atomic mass is 9.93. The van der Waals surface area contributed by atoms with E-state index < -0.39 is 12.0 Å². The van der Waals surface area contributed by atoms with Crippen LogP contribution in [0.4, 0.5) is 5.69 Å². The number of benzene rings is 2. The first-order chi connectivity index (χ1) is 13.1. The lowest BCUT2D eigenvalue weighted by Crippen LogP contribution is -2.48. The Morgan fingerprint density at radius 2 is 1.63 bits per heavy atom. The van der Waals surface area contributed by atoms with Gasteiger partial charge in [-0.2, -0.15) is 0 Å². The van der Waals surface area contributed by atoms with Gasteiger partial charge in [-0.25, -0.2) is 4.79 Å². The van der Waals surface area contributed by atoms with Gasteiger partial charge in [-0.1, -0.05) is 24.3 Å². The molecule has 0 aromatic heterocycles. The molecule has 0 spiro atoms. The molecule has 0 aliphatic carbocycles. The van der Waals surface area contributed by atoms with Gasteiger partial charge in [0, 0.05) is 37.3 Å². The van der Waals surface area contributed by atoms with Gasteiger partial charge in [0.25, 0.3) is 5.91 Å². The molecule has 2 aliphatic rings. The Bertz CT molecular complexity index is 844. The lowest BCUT2D eigenvalue weighted by molar-refractivity contribution is -0.142. The predicted octanol–water partition coefficient (Wildman–Crippen LogP) is 2.17. The van der Waals surface area contributed by atoms with E-state index in [9.17, 15) is 14.7 Å². The molecule has 2 aromatic rings. The quantitative estimate of drug-likeness (QED) is 0.902. The molecule has 6 heteroatoms. The Labute approximate surface area is 158 Å². The molecular weight excluding hydrogens is 344 g/mol. The summed E-state index contributed by atoms with van der Waals surface area (Å²) in [5.74, 6) is -1.21. The zero-order valence-electron chi connectivity index (χ0n) is 15.0. The molecule has 6 nitrogen and oxygen atoms in total. The summed E-state index contributed by atoms with van der Waals surface area (Å²) in [4.78, 5) is 28.5. The zero-order chi connectivity index (χ0) is 18.8. The van der Waals surface area contributed by atoms with Crippen molar-refractivity contribution in [2.24, 2.45) is 0 Å². The molecule has 2 heterocycles. The number of carbonyl (C=O) groups is 2. The van der Waals surface area contributed by atoms with Crippen LogP contribution in [0.1, 0.15) is 21.5 Å². The number of aliphatic carboxylic acids is 1. The number of hydrogen-bond acceptors (Lipinski definition) is 4. The largest absolute Gasteiger partial charge is 0.480 e. The molecule has 0 radical (unpaired) electrons. The fraction of sp³-hybridized carbons (Fsp3) is 0.333. The fourth-order valence-electron chi connectivity index (χ4n) is 3.76. The Balaban J connectivity index is 1.56. The van der Waals surface area contributed by atoms with E-state index in [2.05, 4.69) is 4.90 Å². The van der Waals surface area contributed by atoms with Crippen molar-refractivity contribution in [3.63, 3.8) is 0 Å². The number of amides is 1. The van der Waals surface area contributed by atoms with Crippen molar-refractivity contribution in [1.82, 2.24) is 4.90 Å². The Kier molecular flexibility index (Phi) is 4.81. The van der Waals surface area contributed by atoms with Crippen LogP contribution < -0.4 is 4.90 Å². The fourth-order valence-corrected chi connectivity index (χ4v) is 3.76. The van der Waals surface area contributed by atoms with Crippen LogP contribution in [0.2, 0.25) is 0 Å². The van der Waals surface area contributed by atoms with Crippen molar-refractivity contribution >= 4 is 17.6 Å². The van der Waals surface area contributed by atoms with E-state index in [1.807, 2.05) is 36.4 Å². The highest BCUT2D eigenvalue weighted by Gasteiger charge is 2.34. The molecule has 1 fully saturated rings. The van der Waals surface area contributed by atoms with Gasteiger partial charge < -0.3 is 19.6 Å². The summed E-state index contributed by atoms with van der Waals surface area (Å²) >= 11 is 0. The minimum absolute atomic E-state index is 0.245. The van der Waals surface area contributed by atoms with E-state index in [-0.39, 0.29) is 5.91 Å². The van der Waals surface area contributed by atoms with E-state index >= 15 is 0 Å². The second-order valence-electron chi connectivity index (χ2n) is 6.91. The molecule has 1 saturated heterocycles. The minimum Gasteiger partial charge on any atom is -0.480 e. The van der Waals surface area contributed by atoms with Gasteiger partial charge in [0.15, 0.2) is 0 Å². The van der Waals surface area contributed by atoms with E-state index in [0.29, 0.717) is 31.7 Å². The first-order valence-corrected chi connectivity index (χ1v) is 9.17. The molecule has 27 heavy (non-hydrogen) atoms. The number of carboxylic acids is 1.